The van der Waals surface area contributed by atoms with E-state index in [1.54, 1.807) is 18.5 Å². The van der Waals surface area contributed by atoms with Gasteiger partial charge in [0.05, 0.1) is 28.5 Å². The van der Waals surface area contributed by atoms with E-state index in [0.717, 1.165) is 11.6 Å². The lowest BCUT2D eigenvalue weighted by molar-refractivity contribution is 0.0959. The summed E-state index contributed by atoms with van der Waals surface area (Å²) >= 11 is 0. The Kier molecular flexibility index (Phi) is 6.94. The molecule has 38 heavy (non-hydrogen) atoms. The van der Waals surface area contributed by atoms with Crippen LogP contribution in [0.4, 0.5) is 4.39 Å². The van der Waals surface area contributed by atoms with Gasteiger partial charge in [-0.25, -0.2) is 9.37 Å². The van der Waals surface area contributed by atoms with E-state index < -0.39 is 28.6 Å². The number of nitrogens with zero attached hydrogens (tertiary/aromatic N) is 4. The minimum atomic E-state index is -0.797. The third-order valence-electron chi connectivity index (χ3n) is 6.52. The summed E-state index contributed by atoms with van der Waals surface area (Å²) in [6.45, 7) is 7.50. The van der Waals surface area contributed by atoms with Crippen LogP contribution >= 0.6 is 12.4 Å². The summed E-state index contributed by atoms with van der Waals surface area (Å²) in [4.78, 5) is 35.7. The molecule has 0 unspecified atom stereocenters. The summed E-state index contributed by atoms with van der Waals surface area (Å²) < 4.78 is 17.0. The zero-order valence-electron chi connectivity index (χ0n) is 21.4. The van der Waals surface area contributed by atoms with Crippen molar-refractivity contribution >= 4 is 40.3 Å². The van der Waals surface area contributed by atoms with E-state index in [9.17, 15) is 14.7 Å². The zero-order valence-corrected chi connectivity index (χ0v) is 22.2. The van der Waals surface area contributed by atoms with Crippen molar-refractivity contribution in [1.29, 1.82) is 0 Å². The van der Waals surface area contributed by atoms with Crippen LogP contribution in [0.2, 0.25) is 0 Å². The second kappa shape index (κ2) is 9.86. The highest BCUT2D eigenvalue weighted by atomic mass is 35.5. The Bertz CT molecular complexity index is 1790. The number of carbonyl (C=O) groups is 1. The molecule has 3 N–H and O–H groups in total. The van der Waals surface area contributed by atoms with Gasteiger partial charge < -0.3 is 10.4 Å². The number of nitrogens with one attached hydrogen (secondary N) is 2. The van der Waals surface area contributed by atoms with Gasteiger partial charge in [-0.1, -0.05) is 19.9 Å². The lowest BCUT2D eigenvalue weighted by atomic mass is 9.99. The summed E-state index contributed by atoms with van der Waals surface area (Å²) in [7, 11) is 1.35. The highest BCUT2D eigenvalue weighted by Gasteiger charge is 2.28. The second-order valence-corrected chi connectivity index (χ2v) is 9.24. The molecule has 0 aliphatic rings. The third kappa shape index (κ3) is 3.97. The number of aryl methyl sites for hydroxylation is 2. The van der Waals surface area contributed by atoms with E-state index >= 15 is 4.39 Å². The summed E-state index contributed by atoms with van der Waals surface area (Å²) in [6.07, 6.45) is 3.23. The third-order valence-corrected chi connectivity index (χ3v) is 6.52. The fourth-order valence-electron chi connectivity index (χ4n) is 4.71. The van der Waals surface area contributed by atoms with Crippen LogP contribution < -0.4 is 10.9 Å². The standard InChI is InChI=1S/C27H25FN6O3.ClH/c1-12(2)21-23(14(4)8-9-30-21)34-25-15(24(35)20(27(34)37)26(36)29-5)10-17(28)22(32-25)19-13(3)6-7-18-16(19)11-31-33-18;/h6-12,35H,1-5H3,(H,29,36)(H,31,33);1H. The van der Waals surface area contributed by atoms with Crippen molar-refractivity contribution in [2.24, 2.45) is 0 Å². The molecule has 196 valence electrons. The quantitative estimate of drug-likeness (QED) is 0.306. The number of fused-ring (bicyclic) bond motifs is 2. The molecule has 1 amide bonds. The van der Waals surface area contributed by atoms with Crippen molar-refractivity contribution in [2.45, 2.75) is 33.6 Å². The fraction of sp³-hybridized carbons (Fsp3) is 0.222. The van der Waals surface area contributed by atoms with Crippen LogP contribution in [0.5, 0.6) is 5.75 Å². The molecule has 0 aliphatic carbocycles. The maximum absolute atomic E-state index is 15.7. The molecule has 0 atom stereocenters. The predicted octanol–water partition coefficient (Wildman–Crippen LogP) is 4.69. The van der Waals surface area contributed by atoms with Crippen LogP contribution in [0, 0.1) is 19.7 Å². The molecule has 0 aliphatic heterocycles. The molecular formula is C27H26ClFN6O3. The maximum Gasteiger partial charge on any atom is 0.273 e. The number of aromatic nitrogens is 5. The van der Waals surface area contributed by atoms with Crippen LogP contribution in [0.15, 0.2) is 41.5 Å². The largest absolute Gasteiger partial charge is 0.506 e. The lowest BCUT2D eigenvalue weighted by Gasteiger charge is -2.20. The van der Waals surface area contributed by atoms with E-state index in [0.29, 0.717) is 33.4 Å². The van der Waals surface area contributed by atoms with Gasteiger partial charge in [-0.05, 0) is 49.1 Å². The van der Waals surface area contributed by atoms with Gasteiger partial charge in [0.15, 0.2) is 5.65 Å². The van der Waals surface area contributed by atoms with Crippen LogP contribution in [0.25, 0.3) is 38.9 Å². The van der Waals surface area contributed by atoms with Crippen LogP contribution in [-0.2, 0) is 0 Å². The first-order valence-corrected chi connectivity index (χ1v) is 11.7. The lowest BCUT2D eigenvalue weighted by Crippen LogP contribution is -2.32. The second-order valence-electron chi connectivity index (χ2n) is 9.24. The van der Waals surface area contributed by atoms with Crippen molar-refractivity contribution in [1.82, 2.24) is 30.0 Å². The van der Waals surface area contributed by atoms with Gasteiger partial charge in [-0.3, -0.25) is 24.2 Å². The monoisotopic (exact) mass is 536 g/mol. The molecule has 1 aromatic carbocycles. The Morgan fingerprint density at radius 3 is 2.58 bits per heavy atom. The molecule has 0 fully saturated rings. The van der Waals surface area contributed by atoms with Gasteiger partial charge in [0.1, 0.15) is 22.8 Å². The van der Waals surface area contributed by atoms with Gasteiger partial charge in [0.25, 0.3) is 11.5 Å². The first kappa shape index (κ1) is 26.7. The minimum Gasteiger partial charge on any atom is -0.506 e. The SMILES string of the molecule is CNC(=O)c1c(O)c2cc(F)c(-c3c(C)ccc4[nH]ncc34)nc2n(-c2c(C)ccnc2C(C)C)c1=O.Cl. The minimum absolute atomic E-state index is 0. The Hall–Kier alpha value is -4.31. The molecular weight excluding hydrogens is 511 g/mol. The predicted molar refractivity (Wildman–Crippen MR) is 146 cm³/mol. The average molecular weight is 537 g/mol. The highest BCUT2D eigenvalue weighted by Crippen LogP contribution is 2.36. The van der Waals surface area contributed by atoms with Gasteiger partial charge in [-0.2, -0.15) is 5.10 Å². The van der Waals surface area contributed by atoms with Crippen molar-refractivity contribution in [3.63, 3.8) is 0 Å². The molecule has 4 aromatic heterocycles. The number of benzene rings is 1. The van der Waals surface area contributed by atoms with Crippen LogP contribution in [0.3, 0.4) is 0 Å². The van der Waals surface area contributed by atoms with Crippen molar-refractivity contribution in [2.75, 3.05) is 7.05 Å². The molecule has 11 heteroatoms. The van der Waals surface area contributed by atoms with Gasteiger partial charge >= 0.3 is 0 Å². The normalized spacial score (nSPS) is 11.2. The first-order chi connectivity index (χ1) is 17.6. The number of pyridine rings is 3. The average Bonchev–Trinajstić information content (AvgIpc) is 3.34. The number of hydrogen-bond acceptors (Lipinski definition) is 6. The Morgan fingerprint density at radius 2 is 1.89 bits per heavy atom. The molecule has 9 nitrogen and oxygen atoms in total. The molecule has 0 spiro atoms. The number of aromatic amines is 1. The number of amides is 1. The summed E-state index contributed by atoms with van der Waals surface area (Å²) in [5, 5.41) is 20.9. The summed E-state index contributed by atoms with van der Waals surface area (Å²) in [6, 6.07) is 6.51. The number of aromatic hydroxyl groups is 1. The number of carbonyl (C=O) groups excluding carboxylic acids is 1. The molecule has 4 heterocycles. The Balaban J connectivity index is 0.00000336. The van der Waals surface area contributed by atoms with Gasteiger partial charge in [0, 0.05) is 24.2 Å². The highest BCUT2D eigenvalue weighted by molar-refractivity contribution is 6.03. The Labute approximate surface area is 223 Å². The number of hydrogen-bond donors (Lipinski definition) is 3. The Morgan fingerprint density at radius 1 is 1.16 bits per heavy atom. The summed E-state index contributed by atoms with van der Waals surface area (Å²) in [5.41, 5.74) is 2.39. The smallest absolute Gasteiger partial charge is 0.273 e. The molecule has 0 saturated heterocycles. The van der Waals surface area contributed by atoms with Gasteiger partial charge in [-0.15, -0.1) is 12.4 Å². The van der Waals surface area contributed by atoms with E-state index in [1.165, 1.54) is 11.6 Å². The van der Waals surface area contributed by atoms with Crippen molar-refractivity contribution in [3.05, 3.63) is 75.2 Å². The number of halogens is 2. The fourth-order valence-corrected chi connectivity index (χ4v) is 4.71. The van der Waals surface area contributed by atoms with Crippen LogP contribution in [0.1, 0.15) is 46.9 Å². The molecule has 0 bridgehead atoms. The number of H-pyrrole nitrogens is 1. The first-order valence-electron chi connectivity index (χ1n) is 11.7. The summed E-state index contributed by atoms with van der Waals surface area (Å²) in [5.74, 6) is -2.25. The van der Waals surface area contributed by atoms with E-state index in [4.69, 9.17) is 0 Å². The molecule has 5 aromatic rings. The molecule has 0 saturated carbocycles. The maximum atomic E-state index is 15.7. The topological polar surface area (TPSA) is 126 Å². The molecule has 5 rings (SSSR count). The number of rotatable bonds is 4. The zero-order chi connectivity index (χ0) is 26.6. The van der Waals surface area contributed by atoms with Gasteiger partial charge in [0.2, 0.25) is 0 Å². The van der Waals surface area contributed by atoms with E-state index in [1.807, 2.05) is 39.8 Å². The molecule has 0 radical (unpaired) electrons. The van der Waals surface area contributed by atoms with Crippen molar-refractivity contribution in [3.8, 4) is 22.7 Å². The van der Waals surface area contributed by atoms with E-state index in [-0.39, 0.29) is 35.1 Å². The van der Waals surface area contributed by atoms with Crippen LogP contribution in [-0.4, -0.2) is 42.8 Å². The van der Waals surface area contributed by atoms with Crippen molar-refractivity contribution < 1.29 is 14.3 Å². The van der Waals surface area contributed by atoms with E-state index in [2.05, 4.69) is 25.5 Å².